The van der Waals surface area contributed by atoms with E-state index in [1.165, 1.54) is 24.8 Å². The minimum absolute atomic E-state index is 1.14. The number of pyridine rings is 1. The smallest absolute Gasteiger partial charge is 0.522 e. The Bertz CT molecular complexity index is 939. The summed E-state index contributed by atoms with van der Waals surface area (Å²) in [6.45, 7) is 5.51. The van der Waals surface area contributed by atoms with Crippen LogP contribution in [0.2, 0.25) is 0 Å². The van der Waals surface area contributed by atoms with E-state index in [0.717, 1.165) is 13.0 Å². The first-order valence-electron chi connectivity index (χ1n) is 9.33. The van der Waals surface area contributed by atoms with Crippen LogP contribution < -0.4 is 4.57 Å². The second kappa shape index (κ2) is 15.6. The van der Waals surface area contributed by atoms with Crippen molar-refractivity contribution in [2.75, 3.05) is 0 Å². The Morgan fingerprint density at radius 1 is 1.06 bits per heavy atom. The van der Waals surface area contributed by atoms with Crippen LogP contribution in [0.25, 0.3) is 0 Å². The van der Waals surface area contributed by atoms with Gasteiger partial charge in [0, 0.05) is 12.4 Å². The average molecular weight is 546 g/mol. The minimum Gasteiger partial charge on any atom is -0.741 e. The van der Waals surface area contributed by atoms with E-state index in [1.807, 2.05) is 24.8 Å². The lowest BCUT2D eigenvalue weighted by atomic mass is 10.2. The van der Waals surface area contributed by atoms with E-state index in [-0.39, 0.29) is 0 Å². The molecule has 0 atom stereocenters. The summed E-state index contributed by atoms with van der Waals surface area (Å²) in [7, 11) is -11.9. The fourth-order valence-electron chi connectivity index (χ4n) is 1.64. The molecule has 0 fully saturated rings. The summed E-state index contributed by atoms with van der Waals surface area (Å²) < 4.78 is 119. The number of rotatable bonds is 5. The van der Waals surface area contributed by atoms with Crippen LogP contribution in [-0.4, -0.2) is 46.9 Å². The summed E-state index contributed by atoms with van der Waals surface area (Å²) >= 11 is 0. The number of aryl methyl sites for hydroxylation is 2. The zero-order chi connectivity index (χ0) is 27.1. The van der Waals surface area contributed by atoms with Crippen molar-refractivity contribution in [3.63, 3.8) is 0 Å². The number of hydrogen-bond acceptors (Lipinski definition) is 6. The molecule has 0 saturated carbocycles. The lowest BCUT2D eigenvalue weighted by Crippen LogP contribution is -2.29. The van der Waals surface area contributed by atoms with E-state index >= 15 is 0 Å². The zero-order valence-corrected chi connectivity index (χ0v) is 19.7. The highest BCUT2D eigenvalue weighted by atomic mass is 32.2. The van der Waals surface area contributed by atoms with Gasteiger partial charge in [0.05, 0.1) is 6.54 Å². The Kier molecular flexibility index (Phi) is 15.6. The van der Waals surface area contributed by atoms with Crippen molar-refractivity contribution in [2.24, 2.45) is 0 Å². The summed E-state index contributed by atoms with van der Waals surface area (Å²) in [4.78, 5) is 7.00. The molecule has 0 aliphatic rings. The van der Waals surface area contributed by atoms with Gasteiger partial charge in [-0.3, -0.25) is 14.5 Å². The predicted octanol–water partition coefficient (Wildman–Crippen LogP) is 3.58. The fourth-order valence-corrected chi connectivity index (χ4v) is 1.64. The van der Waals surface area contributed by atoms with Gasteiger partial charge >= 0.3 is 21.1 Å². The SMILES string of the molecule is CCCC[n+]1cc[nH]c1.CCCc1cccnc1.O=S(=O)(O)C(F)(F)F.O=S(=O)([O-])C(F)(F)F. The number of imidazole rings is 1. The molecule has 198 valence electrons. The number of unbranched alkanes of at least 4 members (excludes halogenated alkanes) is 1. The number of nitrogens with one attached hydrogen (secondary N) is 1. The summed E-state index contributed by atoms with van der Waals surface area (Å²) in [5, 5.41) is 0. The van der Waals surface area contributed by atoms with Gasteiger partial charge in [0.15, 0.2) is 10.1 Å². The van der Waals surface area contributed by atoms with Crippen LogP contribution in [0.3, 0.4) is 0 Å². The van der Waals surface area contributed by atoms with Crippen LogP contribution >= 0.6 is 0 Å². The molecule has 0 aliphatic heterocycles. The molecule has 2 heterocycles. The highest BCUT2D eigenvalue weighted by Gasteiger charge is 2.44. The van der Waals surface area contributed by atoms with Crippen molar-refractivity contribution in [1.82, 2.24) is 9.97 Å². The van der Waals surface area contributed by atoms with Crippen molar-refractivity contribution >= 4 is 20.2 Å². The molecular formula is C17H25F6N3O6S2. The third-order valence-electron chi connectivity index (χ3n) is 3.21. The molecule has 0 spiro atoms. The molecule has 2 aromatic rings. The Hall–Kier alpha value is -2.24. The van der Waals surface area contributed by atoms with E-state index in [4.69, 9.17) is 25.9 Å². The maximum Gasteiger partial charge on any atom is 0.522 e. The molecule has 17 heteroatoms. The van der Waals surface area contributed by atoms with Gasteiger partial charge < -0.3 is 4.55 Å². The van der Waals surface area contributed by atoms with E-state index in [2.05, 4.69) is 40.6 Å². The first-order valence-corrected chi connectivity index (χ1v) is 12.2. The number of aromatic nitrogens is 3. The standard InChI is InChI=1S/C8H11N.C7H12N2.2CHF3O3S/c1-2-4-8-5-3-6-9-7-8;1-2-3-5-9-6-4-8-7-9;2*2-1(3,4)8(5,6)7/h3,5-7H,2,4H2,1H3;4,6-7H,2-3,5H2,1H3;2*(H,5,6,7). The topological polar surface area (TPSA) is 144 Å². The zero-order valence-electron chi connectivity index (χ0n) is 18.0. The van der Waals surface area contributed by atoms with Gasteiger partial charge in [0.25, 0.3) is 0 Å². The molecule has 0 radical (unpaired) electrons. The second-order valence-corrected chi connectivity index (χ2v) is 8.92. The van der Waals surface area contributed by atoms with E-state index in [1.54, 1.807) is 6.20 Å². The van der Waals surface area contributed by atoms with E-state index in [0.29, 0.717) is 0 Å². The first kappa shape index (κ1) is 33.9. The quantitative estimate of drug-likeness (QED) is 0.253. The summed E-state index contributed by atoms with van der Waals surface area (Å²) in [5.41, 5.74) is -9.85. The second-order valence-electron chi connectivity index (χ2n) is 6.13. The van der Waals surface area contributed by atoms with Gasteiger partial charge in [0.2, 0.25) is 6.33 Å². The first-order chi connectivity index (χ1) is 15.4. The van der Waals surface area contributed by atoms with E-state index in [9.17, 15) is 26.3 Å². The molecule has 0 bridgehead atoms. The van der Waals surface area contributed by atoms with Crippen LogP contribution in [0.5, 0.6) is 0 Å². The molecule has 34 heavy (non-hydrogen) atoms. The number of alkyl halides is 6. The molecule has 0 saturated heterocycles. The molecule has 2 rings (SSSR count). The normalized spacial score (nSPS) is 11.7. The Labute approximate surface area is 193 Å². The average Bonchev–Trinajstić information content (AvgIpc) is 3.19. The van der Waals surface area contributed by atoms with E-state index < -0.39 is 31.3 Å². The molecule has 0 amide bonds. The number of aromatic amines is 1. The van der Waals surface area contributed by atoms with Crippen molar-refractivity contribution in [2.45, 2.75) is 57.1 Å². The molecule has 0 aromatic carbocycles. The lowest BCUT2D eigenvalue weighted by Gasteiger charge is -2.08. The maximum absolute atomic E-state index is 10.7. The Balaban J connectivity index is 0. The summed E-state index contributed by atoms with van der Waals surface area (Å²) in [6.07, 6.45) is 14.6. The number of halogens is 6. The molecule has 0 aliphatic carbocycles. The monoisotopic (exact) mass is 545 g/mol. The Morgan fingerprint density at radius 2 is 1.59 bits per heavy atom. The highest BCUT2D eigenvalue weighted by Crippen LogP contribution is 2.21. The number of H-pyrrole nitrogens is 1. The third kappa shape index (κ3) is 17.3. The molecule has 9 nitrogen and oxygen atoms in total. The molecule has 0 unspecified atom stereocenters. The molecular weight excluding hydrogens is 520 g/mol. The van der Waals surface area contributed by atoms with Crippen LogP contribution in [0.4, 0.5) is 26.3 Å². The summed E-state index contributed by atoms with van der Waals surface area (Å²) in [5.74, 6) is 0. The van der Waals surface area contributed by atoms with Gasteiger partial charge in [0.1, 0.15) is 12.4 Å². The summed E-state index contributed by atoms with van der Waals surface area (Å²) in [6, 6.07) is 4.08. The van der Waals surface area contributed by atoms with Crippen LogP contribution in [0.1, 0.15) is 38.7 Å². The van der Waals surface area contributed by atoms with Gasteiger partial charge in [-0.2, -0.15) is 34.8 Å². The molecule has 2 aromatic heterocycles. The maximum atomic E-state index is 10.7. The van der Waals surface area contributed by atoms with Crippen LogP contribution in [-0.2, 0) is 33.2 Å². The molecule has 2 N–H and O–H groups in total. The van der Waals surface area contributed by atoms with Gasteiger partial charge in [-0.15, -0.1) is 0 Å². The third-order valence-corrected chi connectivity index (χ3v) is 4.36. The van der Waals surface area contributed by atoms with Crippen molar-refractivity contribution in [3.05, 3.63) is 48.8 Å². The minimum atomic E-state index is -6.09. The number of hydrogen-bond donors (Lipinski definition) is 2. The predicted molar refractivity (Wildman–Crippen MR) is 107 cm³/mol. The van der Waals surface area contributed by atoms with Gasteiger partial charge in [-0.1, -0.05) is 32.8 Å². The number of nitrogens with zero attached hydrogens (tertiary/aromatic N) is 2. The fraction of sp³-hybridized carbons (Fsp3) is 0.529. The van der Waals surface area contributed by atoms with Crippen LogP contribution in [0.15, 0.2) is 43.2 Å². The van der Waals surface area contributed by atoms with Crippen LogP contribution in [0, 0.1) is 0 Å². The Morgan fingerprint density at radius 3 is 1.88 bits per heavy atom. The van der Waals surface area contributed by atoms with Gasteiger partial charge in [-0.25, -0.2) is 13.0 Å². The van der Waals surface area contributed by atoms with Crippen molar-refractivity contribution < 1.29 is 56.9 Å². The highest BCUT2D eigenvalue weighted by molar-refractivity contribution is 7.86. The lowest BCUT2D eigenvalue weighted by molar-refractivity contribution is -0.696. The largest absolute Gasteiger partial charge is 0.741 e. The van der Waals surface area contributed by atoms with Crippen molar-refractivity contribution in [1.29, 1.82) is 0 Å². The van der Waals surface area contributed by atoms with Gasteiger partial charge in [-0.05, 0) is 24.5 Å². The van der Waals surface area contributed by atoms with Crippen molar-refractivity contribution in [3.8, 4) is 0 Å².